The molecule has 9 atom stereocenters. The van der Waals surface area contributed by atoms with E-state index in [-0.39, 0.29) is 24.8 Å². The van der Waals surface area contributed by atoms with Crippen LogP contribution in [0.3, 0.4) is 0 Å². The highest BCUT2D eigenvalue weighted by Crippen LogP contribution is 2.56. The van der Waals surface area contributed by atoms with Crippen LogP contribution in [0.15, 0.2) is 23.8 Å². The first-order valence-electron chi connectivity index (χ1n) is 14.1. The van der Waals surface area contributed by atoms with Gasteiger partial charge < -0.3 is 33.5 Å². The molecule has 0 aromatic heterocycles. The molecule has 3 rings (SSSR count). The van der Waals surface area contributed by atoms with E-state index in [4.69, 9.17) is 28.4 Å². The summed E-state index contributed by atoms with van der Waals surface area (Å²) in [5.41, 5.74) is -3.14. The third-order valence-corrected chi connectivity index (χ3v) is 8.60. The van der Waals surface area contributed by atoms with Gasteiger partial charge in [-0.05, 0) is 25.8 Å². The summed E-state index contributed by atoms with van der Waals surface area (Å²) in [5.74, 6) is -6.71. The Kier molecular flexibility index (Phi) is 10.1. The van der Waals surface area contributed by atoms with Gasteiger partial charge in [-0.25, -0.2) is 0 Å². The van der Waals surface area contributed by atoms with E-state index in [1.165, 1.54) is 26.8 Å². The van der Waals surface area contributed by atoms with Crippen molar-refractivity contribution < 1.29 is 62.3 Å². The van der Waals surface area contributed by atoms with E-state index in [1.54, 1.807) is 6.92 Å². The predicted octanol–water partition coefficient (Wildman–Crippen LogP) is 1.87. The highest BCUT2D eigenvalue weighted by molar-refractivity contribution is 5.78. The fraction of sp³-hybridized carbons (Fsp3) is 0.667. The maximum absolute atomic E-state index is 13.1. The summed E-state index contributed by atoms with van der Waals surface area (Å²) >= 11 is 0. The van der Waals surface area contributed by atoms with Gasteiger partial charge in [0.2, 0.25) is 0 Å². The Bertz CT molecular complexity index is 1220. The maximum Gasteiger partial charge on any atom is 0.312 e. The standard InChI is InChI=1S/C30H40O13/c1-14-9-10-23(40-18(5)33)29(8)24(41-19(6)34)12-22(39-17(4)32)21(13-38-16(3)31)11-25-30(37,15(2)28(36)43-25)27(26(14)29)42-20(7)35/h11,15,22-27,37H,1,9-10,12-13H2,2-8H3/b21-11-/t15-,22+,23-,24-,25-,26+,27-,29+,30+/m0/s1. The molecule has 1 N–H and O–H groups in total. The molecule has 1 heterocycles. The highest BCUT2D eigenvalue weighted by atomic mass is 16.6. The summed E-state index contributed by atoms with van der Waals surface area (Å²) in [7, 11) is 0. The smallest absolute Gasteiger partial charge is 0.312 e. The zero-order valence-electron chi connectivity index (χ0n) is 25.5. The van der Waals surface area contributed by atoms with Gasteiger partial charge in [0, 0.05) is 52.5 Å². The van der Waals surface area contributed by atoms with Crippen molar-refractivity contribution in [3.63, 3.8) is 0 Å². The first-order chi connectivity index (χ1) is 19.9. The molecule has 1 saturated carbocycles. The van der Waals surface area contributed by atoms with Gasteiger partial charge >= 0.3 is 35.8 Å². The summed E-state index contributed by atoms with van der Waals surface area (Å²) in [6.07, 6.45) is -4.84. The van der Waals surface area contributed by atoms with Crippen LogP contribution in [0, 0.1) is 17.3 Å². The van der Waals surface area contributed by atoms with Crippen LogP contribution >= 0.6 is 0 Å². The molecule has 0 bridgehead atoms. The molecule has 1 aliphatic heterocycles. The minimum Gasteiger partial charge on any atom is -0.462 e. The number of rotatable bonds is 6. The van der Waals surface area contributed by atoms with E-state index in [9.17, 15) is 33.9 Å². The summed E-state index contributed by atoms with van der Waals surface area (Å²) in [6, 6.07) is 0. The van der Waals surface area contributed by atoms with E-state index < -0.39 is 95.8 Å². The summed E-state index contributed by atoms with van der Waals surface area (Å²) in [4.78, 5) is 74.7. The maximum atomic E-state index is 13.1. The topological polar surface area (TPSA) is 178 Å². The van der Waals surface area contributed by atoms with Gasteiger partial charge in [0.1, 0.15) is 31.0 Å². The van der Waals surface area contributed by atoms with Crippen molar-refractivity contribution in [3.05, 3.63) is 23.8 Å². The van der Waals surface area contributed by atoms with E-state index in [0.717, 1.165) is 20.8 Å². The largest absolute Gasteiger partial charge is 0.462 e. The Balaban J connectivity index is 2.46. The average Bonchev–Trinajstić information content (AvgIpc) is 3.09. The molecule has 13 heteroatoms. The van der Waals surface area contributed by atoms with E-state index in [1.807, 2.05) is 0 Å². The Morgan fingerprint density at radius 2 is 1.49 bits per heavy atom. The van der Waals surface area contributed by atoms with E-state index in [0.29, 0.717) is 5.57 Å². The van der Waals surface area contributed by atoms with Gasteiger partial charge in [0.25, 0.3) is 0 Å². The Morgan fingerprint density at radius 3 is 2.02 bits per heavy atom. The number of carbonyl (C=O) groups is 6. The third-order valence-electron chi connectivity index (χ3n) is 8.60. The zero-order valence-corrected chi connectivity index (χ0v) is 25.5. The average molecular weight is 609 g/mol. The number of ether oxygens (including phenoxy) is 6. The quantitative estimate of drug-likeness (QED) is 0.263. The minimum atomic E-state index is -2.25. The molecular weight excluding hydrogens is 568 g/mol. The van der Waals surface area contributed by atoms with Crippen LogP contribution in [0.2, 0.25) is 0 Å². The lowest BCUT2D eigenvalue weighted by Crippen LogP contribution is -2.66. The predicted molar refractivity (Wildman–Crippen MR) is 146 cm³/mol. The Morgan fingerprint density at radius 1 is 0.930 bits per heavy atom. The van der Waals surface area contributed by atoms with Gasteiger partial charge in [0.15, 0.2) is 11.7 Å². The first kappa shape index (κ1) is 33.8. The second-order valence-electron chi connectivity index (χ2n) is 11.6. The molecule has 1 saturated heterocycles. The third kappa shape index (κ3) is 6.76. The molecule has 2 fully saturated rings. The fourth-order valence-corrected chi connectivity index (χ4v) is 6.63. The number of hydrogen-bond donors (Lipinski definition) is 1. The lowest BCUT2D eigenvalue weighted by molar-refractivity contribution is -0.222. The monoisotopic (exact) mass is 608 g/mol. The molecule has 0 unspecified atom stereocenters. The second kappa shape index (κ2) is 12.9. The molecule has 0 spiro atoms. The van der Waals surface area contributed by atoms with Crippen LogP contribution in [0.25, 0.3) is 0 Å². The molecule has 0 radical (unpaired) electrons. The van der Waals surface area contributed by atoms with Crippen LogP contribution in [0.4, 0.5) is 0 Å². The van der Waals surface area contributed by atoms with Crippen molar-refractivity contribution >= 4 is 35.8 Å². The van der Waals surface area contributed by atoms with Gasteiger partial charge in [-0.3, -0.25) is 28.8 Å². The van der Waals surface area contributed by atoms with Crippen LogP contribution < -0.4 is 0 Å². The molecule has 13 nitrogen and oxygen atoms in total. The lowest BCUT2D eigenvalue weighted by atomic mass is 9.54. The minimum absolute atomic E-state index is 0.107. The molecule has 3 aliphatic rings. The van der Waals surface area contributed by atoms with Crippen LogP contribution in [0.1, 0.15) is 67.7 Å². The SMILES string of the molecule is C=C1CC[C@H](OC(C)=O)[C@]2(C)[C@@H](OC(C)=O)C[C@@H](OC(C)=O)/C(COC(C)=O)=C\[C@@H]3OC(=O)[C@H](C)[C@]3(O)[C@@H](OC(C)=O)[C@@H]12. The van der Waals surface area contributed by atoms with Gasteiger partial charge in [-0.2, -0.15) is 0 Å². The number of hydrogen-bond acceptors (Lipinski definition) is 13. The second-order valence-corrected chi connectivity index (χ2v) is 11.6. The Hall–Kier alpha value is -3.74. The zero-order chi connectivity index (χ0) is 32.4. The molecule has 0 aromatic rings. The molecule has 0 aromatic carbocycles. The van der Waals surface area contributed by atoms with Crippen molar-refractivity contribution in [3.8, 4) is 0 Å². The van der Waals surface area contributed by atoms with Gasteiger partial charge in [-0.1, -0.05) is 19.1 Å². The van der Waals surface area contributed by atoms with Crippen molar-refractivity contribution in [2.45, 2.75) is 104 Å². The molecule has 238 valence electrons. The number of carbonyl (C=O) groups excluding carboxylic acids is 6. The van der Waals surface area contributed by atoms with Gasteiger partial charge in [0.05, 0.1) is 11.3 Å². The lowest BCUT2D eigenvalue weighted by Gasteiger charge is -2.55. The molecule has 43 heavy (non-hydrogen) atoms. The first-order valence-corrected chi connectivity index (χ1v) is 14.1. The van der Waals surface area contributed by atoms with Crippen LogP contribution in [-0.4, -0.2) is 83.7 Å². The normalized spacial score (nSPS) is 36.8. The van der Waals surface area contributed by atoms with Crippen molar-refractivity contribution in [1.29, 1.82) is 0 Å². The fourth-order valence-electron chi connectivity index (χ4n) is 6.63. The summed E-state index contributed by atoms with van der Waals surface area (Å²) in [5, 5.41) is 12.5. The summed E-state index contributed by atoms with van der Waals surface area (Å²) < 4.78 is 34.0. The molecular formula is C30H40O13. The van der Waals surface area contributed by atoms with E-state index >= 15 is 0 Å². The highest BCUT2D eigenvalue weighted by Gasteiger charge is 2.68. The molecule has 0 amide bonds. The Labute approximate surface area is 249 Å². The number of fused-ring (bicyclic) bond motifs is 2. The number of aliphatic hydroxyl groups is 1. The van der Waals surface area contributed by atoms with Crippen molar-refractivity contribution in [2.75, 3.05) is 6.61 Å². The van der Waals surface area contributed by atoms with Crippen LogP contribution in [0.5, 0.6) is 0 Å². The molecule has 2 aliphatic carbocycles. The summed E-state index contributed by atoms with van der Waals surface area (Å²) in [6.45, 7) is 12.6. The van der Waals surface area contributed by atoms with Crippen LogP contribution in [-0.2, 0) is 57.2 Å². The van der Waals surface area contributed by atoms with Crippen molar-refractivity contribution in [2.24, 2.45) is 17.3 Å². The number of esters is 6. The van der Waals surface area contributed by atoms with Gasteiger partial charge in [-0.15, -0.1) is 0 Å². The van der Waals surface area contributed by atoms with E-state index in [2.05, 4.69) is 6.58 Å². The van der Waals surface area contributed by atoms with Crippen molar-refractivity contribution in [1.82, 2.24) is 0 Å².